The largest absolute Gasteiger partial charge is 0.444 e. The summed E-state index contributed by atoms with van der Waals surface area (Å²) in [7, 11) is 0. The van der Waals surface area contributed by atoms with Crippen LogP contribution in [0.4, 0.5) is 4.79 Å². The lowest BCUT2D eigenvalue weighted by atomic mass is 10.1. The van der Waals surface area contributed by atoms with E-state index in [0.29, 0.717) is 19.6 Å². The van der Waals surface area contributed by atoms with Gasteiger partial charge in [-0.1, -0.05) is 13.3 Å². The molecule has 0 aliphatic heterocycles. The summed E-state index contributed by atoms with van der Waals surface area (Å²) in [6.45, 7) is 15.4. The van der Waals surface area contributed by atoms with Crippen molar-refractivity contribution in [1.82, 2.24) is 10.2 Å². The van der Waals surface area contributed by atoms with Gasteiger partial charge in [-0.15, -0.1) is 0 Å². The Morgan fingerprint density at radius 2 is 1.81 bits per heavy atom. The molecule has 0 bridgehead atoms. The molecule has 0 spiro atoms. The van der Waals surface area contributed by atoms with Crippen molar-refractivity contribution in [1.29, 1.82) is 0 Å². The maximum Gasteiger partial charge on any atom is 0.410 e. The number of aliphatic hydroxyl groups excluding tert-OH is 1. The van der Waals surface area contributed by atoms with E-state index in [9.17, 15) is 9.90 Å². The predicted octanol–water partition coefficient (Wildman–Crippen LogP) is 2.77. The average molecular weight is 302 g/mol. The molecule has 1 amide bonds. The monoisotopic (exact) mass is 302 g/mol. The van der Waals surface area contributed by atoms with Crippen LogP contribution < -0.4 is 5.32 Å². The third-order valence-electron chi connectivity index (χ3n) is 2.94. The van der Waals surface area contributed by atoms with Crippen molar-refractivity contribution in [2.45, 2.75) is 78.6 Å². The second-order valence-electron chi connectivity index (χ2n) is 7.45. The third-order valence-corrected chi connectivity index (χ3v) is 2.94. The van der Waals surface area contributed by atoms with E-state index in [4.69, 9.17) is 4.74 Å². The summed E-state index contributed by atoms with van der Waals surface area (Å²) < 4.78 is 5.45. The van der Waals surface area contributed by atoms with Gasteiger partial charge in [0.15, 0.2) is 0 Å². The molecule has 126 valence electrons. The third kappa shape index (κ3) is 9.69. The summed E-state index contributed by atoms with van der Waals surface area (Å²) in [6.07, 6.45) is 1.14. The summed E-state index contributed by atoms with van der Waals surface area (Å²) in [5, 5.41) is 12.9. The van der Waals surface area contributed by atoms with Gasteiger partial charge in [0, 0.05) is 25.2 Å². The smallest absolute Gasteiger partial charge is 0.410 e. The van der Waals surface area contributed by atoms with Crippen LogP contribution in [0, 0.1) is 0 Å². The lowest BCUT2D eigenvalue weighted by Crippen LogP contribution is -2.50. The van der Waals surface area contributed by atoms with Crippen LogP contribution in [0.1, 0.15) is 61.3 Å². The SMILES string of the molecule is CCCC(O)CNCCN(C(=O)OC(C)(C)C)C(C)(C)C. The Bertz CT molecular complexity index is 306. The Morgan fingerprint density at radius 1 is 1.24 bits per heavy atom. The van der Waals surface area contributed by atoms with E-state index in [-0.39, 0.29) is 17.7 Å². The highest BCUT2D eigenvalue weighted by atomic mass is 16.6. The van der Waals surface area contributed by atoms with Crippen molar-refractivity contribution in [2.24, 2.45) is 0 Å². The number of amides is 1. The molecule has 0 saturated carbocycles. The molecule has 0 fully saturated rings. The first-order valence-corrected chi connectivity index (χ1v) is 7.86. The van der Waals surface area contributed by atoms with E-state index in [1.807, 2.05) is 48.5 Å². The molecule has 1 atom stereocenters. The van der Waals surface area contributed by atoms with Crippen LogP contribution >= 0.6 is 0 Å². The number of aliphatic hydroxyl groups is 1. The van der Waals surface area contributed by atoms with Crippen molar-refractivity contribution < 1.29 is 14.6 Å². The number of rotatable bonds is 7. The van der Waals surface area contributed by atoms with Crippen LogP contribution in [-0.4, -0.2) is 53.0 Å². The van der Waals surface area contributed by atoms with E-state index in [2.05, 4.69) is 5.32 Å². The van der Waals surface area contributed by atoms with E-state index < -0.39 is 5.60 Å². The summed E-state index contributed by atoms with van der Waals surface area (Å²) in [6, 6.07) is 0. The minimum atomic E-state index is -0.495. The number of carbonyl (C=O) groups is 1. The van der Waals surface area contributed by atoms with Gasteiger partial charge in [-0.25, -0.2) is 4.79 Å². The molecule has 0 radical (unpaired) electrons. The maximum absolute atomic E-state index is 12.3. The van der Waals surface area contributed by atoms with Gasteiger partial charge in [0.05, 0.1) is 6.10 Å². The van der Waals surface area contributed by atoms with Crippen LogP contribution in [0.5, 0.6) is 0 Å². The summed E-state index contributed by atoms with van der Waals surface area (Å²) in [5.41, 5.74) is -0.794. The number of nitrogens with one attached hydrogen (secondary N) is 1. The number of ether oxygens (including phenoxy) is 1. The van der Waals surface area contributed by atoms with Gasteiger partial charge in [-0.2, -0.15) is 0 Å². The van der Waals surface area contributed by atoms with Gasteiger partial charge in [-0.05, 0) is 48.0 Å². The topological polar surface area (TPSA) is 61.8 Å². The van der Waals surface area contributed by atoms with Crippen molar-refractivity contribution in [3.63, 3.8) is 0 Å². The fraction of sp³-hybridized carbons (Fsp3) is 0.938. The molecular formula is C16H34N2O3. The number of hydrogen-bond acceptors (Lipinski definition) is 4. The Morgan fingerprint density at radius 3 is 2.24 bits per heavy atom. The number of nitrogens with zero attached hydrogens (tertiary/aromatic N) is 1. The normalized spacial score (nSPS) is 13.9. The van der Waals surface area contributed by atoms with Crippen LogP contribution in [0.25, 0.3) is 0 Å². The quantitative estimate of drug-likeness (QED) is 0.710. The van der Waals surface area contributed by atoms with Crippen molar-refractivity contribution in [3.05, 3.63) is 0 Å². The molecule has 0 aromatic rings. The first-order valence-electron chi connectivity index (χ1n) is 7.86. The lowest BCUT2D eigenvalue weighted by molar-refractivity contribution is 0.00650. The van der Waals surface area contributed by atoms with E-state index in [0.717, 1.165) is 12.8 Å². The predicted molar refractivity (Wildman–Crippen MR) is 86.5 cm³/mol. The summed E-state index contributed by atoms with van der Waals surface area (Å²) >= 11 is 0. The highest BCUT2D eigenvalue weighted by Crippen LogP contribution is 2.17. The molecule has 0 aromatic carbocycles. The van der Waals surface area contributed by atoms with Gasteiger partial charge in [0.2, 0.25) is 0 Å². The van der Waals surface area contributed by atoms with Crippen molar-refractivity contribution in [2.75, 3.05) is 19.6 Å². The number of hydrogen-bond donors (Lipinski definition) is 2. The molecule has 1 unspecified atom stereocenters. The van der Waals surface area contributed by atoms with E-state index >= 15 is 0 Å². The van der Waals surface area contributed by atoms with Crippen LogP contribution in [0.3, 0.4) is 0 Å². The minimum Gasteiger partial charge on any atom is -0.444 e. The zero-order valence-corrected chi connectivity index (χ0v) is 14.8. The van der Waals surface area contributed by atoms with Gasteiger partial charge in [0.1, 0.15) is 5.60 Å². The minimum absolute atomic E-state index is 0.300. The van der Waals surface area contributed by atoms with Crippen molar-refractivity contribution in [3.8, 4) is 0 Å². The maximum atomic E-state index is 12.3. The first-order chi connectivity index (χ1) is 9.47. The summed E-state index contributed by atoms with van der Waals surface area (Å²) in [5.74, 6) is 0. The second kappa shape index (κ2) is 8.59. The molecular weight excluding hydrogens is 268 g/mol. The van der Waals surface area contributed by atoms with Crippen LogP contribution in [0.2, 0.25) is 0 Å². The van der Waals surface area contributed by atoms with E-state index in [1.165, 1.54) is 0 Å². The van der Waals surface area contributed by atoms with E-state index in [1.54, 1.807) is 4.90 Å². The molecule has 0 saturated heterocycles. The van der Waals surface area contributed by atoms with Crippen molar-refractivity contribution >= 4 is 6.09 Å². The van der Waals surface area contributed by atoms with Crippen LogP contribution in [-0.2, 0) is 4.74 Å². The molecule has 0 aliphatic carbocycles. The highest BCUT2D eigenvalue weighted by molar-refractivity contribution is 5.69. The fourth-order valence-corrected chi connectivity index (χ4v) is 1.91. The van der Waals surface area contributed by atoms with Gasteiger partial charge in [-0.3, -0.25) is 0 Å². The Balaban J connectivity index is 4.37. The second-order valence-corrected chi connectivity index (χ2v) is 7.45. The molecule has 21 heavy (non-hydrogen) atoms. The molecule has 5 nitrogen and oxygen atoms in total. The Hall–Kier alpha value is -0.810. The van der Waals surface area contributed by atoms with Gasteiger partial charge in [0.25, 0.3) is 0 Å². The molecule has 5 heteroatoms. The lowest BCUT2D eigenvalue weighted by Gasteiger charge is -2.37. The highest BCUT2D eigenvalue weighted by Gasteiger charge is 2.30. The standard InChI is InChI=1S/C16H34N2O3/c1-8-9-13(19)12-17-10-11-18(15(2,3)4)14(20)21-16(5,6)7/h13,17,19H,8-12H2,1-7H3. The molecule has 0 aliphatic rings. The van der Waals surface area contributed by atoms with Gasteiger partial charge < -0.3 is 20.1 Å². The Labute approximate surface area is 130 Å². The first kappa shape index (κ1) is 20.2. The van der Waals surface area contributed by atoms with Gasteiger partial charge >= 0.3 is 6.09 Å². The summed E-state index contributed by atoms with van der Waals surface area (Å²) in [4.78, 5) is 14.0. The zero-order valence-electron chi connectivity index (χ0n) is 14.8. The molecule has 0 heterocycles. The van der Waals surface area contributed by atoms with Crippen LogP contribution in [0.15, 0.2) is 0 Å². The Kier molecular flexibility index (Phi) is 8.26. The fourth-order valence-electron chi connectivity index (χ4n) is 1.91. The zero-order chi connectivity index (χ0) is 16.7. The average Bonchev–Trinajstić information content (AvgIpc) is 2.24. The molecule has 0 aromatic heterocycles. The molecule has 2 N–H and O–H groups in total. The molecule has 0 rings (SSSR count). The number of carbonyl (C=O) groups excluding carboxylic acids is 1.